The van der Waals surface area contributed by atoms with Crippen LogP contribution in [0.1, 0.15) is 31.7 Å². The maximum Gasteiger partial charge on any atom is 0.127 e. The molecule has 0 saturated heterocycles. The molecule has 0 saturated carbocycles. The first-order valence-electron chi connectivity index (χ1n) is 7.82. The minimum Gasteiger partial charge on any atom is -0.457 e. The van der Waals surface area contributed by atoms with E-state index in [9.17, 15) is 0 Å². The summed E-state index contributed by atoms with van der Waals surface area (Å²) in [5.74, 6) is 1.72. The topological polar surface area (TPSA) is 21.3 Å². The van der Waals surface area contributed by atoms with Gasteiger partial charge in [-0.15, -0.1) is 0 Å². The highest BCUT2D eigenvalue weighted by Gasteiger charge is 1.98. The molecule has 2 rings (SSSR count). The van der Waals surface area contributed by atoms with Crippen LogP contribution in [0.2, 0.25) is 0 Å². The van der Waals surface area contributed by atoms with E-state index in [0.717, 1.165) is 31.0 Å². The molecule has 0 bridgehead atoms. The molecular weight excluding hydrogens is 258 g/mol. The van der Waals surface area contributed by atoms with E-state index < -0.39 is 0 Å². The Morgan fingerprint density at radius 2 is 1.62 bits per heavy atom. The standard InChI is InChI=1S/C19H24NO/c1-2-3-7-15-20-16-14-17-10-12-19(13-11-17)21-18-8-5-4-6-9-18/h5-6,8-13,20H,2-3,7,14-16H2,1H3. The molecule has 0 unspecified atom stereocenters. The molecule has 0 aliphatic carbocycles. The highest BCUT2D eigenvalue weighted by atomic mass is 16.5. The molecule has 2 aromatic carbocycles. The Morgan fingerprint density at radius 3 is 2.33 bits per heavy atom. The summed E-state index contributed by atoms with van der Waals surface area (Å²) >= 11 is 0. The van der Waals surface area contributed by atoms with E-state index in [1.54, 1.807) is 0 Å². The second kappa shape index (κ2) is 9.19. The Labute approximate surface area is 128 Å². The number of rotatable bonds is 9. The first-order valence-corrected chi connectivity index (χ1v) is 7.82. The molecule has 1 N–H and O–H groups in total. The Morgan fingerprint density at radius 1 is 0.905 bits per heavy atom. The van der Waals surface area contributed by atoms with Gasteiger partial charge in [-0.25, -0.2) is 0 Å². The van der Waals surface area contributed by atoms with Gasteiger partial charge in [0.15, 0.2) is 0 Å². The number of benzene rings is 2. The fourth-order valence-corrected chi connectivity index (χ4v) is 2.16. The van der Waals surface area contributed by atoms with Gasteiger partial charge in [0, 0.05) is 0 Å². The molecule has 2 aromatic rings. The van der Waals surface area contributed by atoms with Crippen LogP contribution in [0.4, 0.5) is 0 Å². The predicted molar refractivity (Wildman–Crippen MR) is 87.9 cm³/mol. The second-order valence-electron chi connectivity index (χ2n) is 5.19. The van der Waals surface area contributed by atoms with Gasteiger partial charge in [0.1, 0.15) is 11.5 Å². The van der Waals surface area contributed by atoms with Crippen LogP contribution in [0.15, 0.2) is 48.5 Å². The van der Waals surface area contributed by atoms with E-state index in [0.29, 0.717) is 0 Å². The van der Waals surface area contributed by atoms with E-state index in [1.807, 2.05) is 36.4 Å². The lowest BCUT2D eigenvalue weighted by molar-refractivity contribution is 0.482. The molecule has 0 heterocycles. The summed E-state index contributed by atoms with van der Waals surface area (Å²) < 4.78 is 5.77. The smallest absolute Gasteiger partial charge is 0.127 e. The number of hydrogen-bond donors (Lipinski definition) is 1. The van der Waals surface area contributed by atoms with Gasteiger partial charge in [-0.1, -0.05) is 44.0 Å². The quantitative estimate of drug-likeness (QED) is 0.679. The zero-order valence-corrected chi connectivity index (χ0v) is 12.8. The number of ether oxygens (including phenoxy) is 1. The van der Waals surface area contributed by atoms with Crippen molar-refractivity contribution in [1.82, 2.24) is 5.32 Å². The van der Waals surface area contributed by atoms with Gasteiger partial charge in [-0.05, 0) is 61.8 Å². The third kappa shape index (κ3) is 6.01. The largest absolute Gasteiger partial charge is 0.457 e. The predicted octanol–water partition coefficient (Wildman–Crippen LogP) is 4.60. The third-order valence-corrected chi connectivity index (χ3v) is 3.39. The van der Waals surface area contributed by atoms with Crippen LogP contribution in [-0.2, 0) is 6.42 Å². The summed E-state index contributed by atoms with van der Waals surface area (Å²) in [6.45, 7) is 4.40. The summed E-state index contributed by atoms with van der Waals surface area (Å²) in [6, 6.07) is 18.8. The highest BCUT2D eigenvalue weighted by Crippen LogP contribution is 2.20. The molecule has 0 fully saturated rings. The Balaban J connectivity index is 1.72. The van der Waals surface area contributed by atoms with Crippen molar-refractivity contribution in [2.45, 2.75) is 32.6 Å². The van der Waals surface area contributed by atoms with Gasteiger partial charge in [0.25, 0.3) is 0 Å². The fraction of sp³-hybridized carbons (Fsp3) is 0.368. The van der Waals surface area contributed by atoms with Gasteiger partial charge >= 0.3 is 0 Å². The number of hydrogen-bond acceptors (Lipinski definition) is 2. The maximum atomic E-state index is 5.77. The zero-order valence-electron chi connectivity index (χ0n) is 12.8. The lowest BCUT2D eigenvalue weighted by Crippen LogP contribution is -2.18. The molecular formula is C19H24NO. The van der Waals surface area contributed by atoms with Crippen molar-refractivity contribution in [1.29, 1.82) is 0 Å². The highest BCUT2D eigenvalue weighted by molar-refractivity contribution is 5.32. The number of unbranched alkanes of at least 4 members (excludes halogenated alkanes) is 2. The monoisotopic (exact) mass is 282 g/mol. The summed E-state index contributed by atoms with van der Waals surface area (Å²) in [5, 5.41) is 3.49. The molecule has 2 nitrogen and oxygen atoms in total. The molecule has 0 aromatic heterocycles. The van der Waals surface area contributed by atoms with Gasteiger partial charge < -0.3 is 10.1 Å². The summed E-state index contributed by atoms with van der Waals surface area (Å²) in [5.41, 5.74) is 1.34. The first-order chi connectivity index (χ1) is 10.4. The molecule has 1 radical (unpaired) electrons. The molecule has 0 amide bonds. The third-order valence-electron chi connectivity index (χ3n) is 3.39. The van der Waals surface area contributed by atoms with E-state index in [2.05, 4.69) is 30.4 Å². The fourth-order valence-electron chi connectivity index (χ4n) is 2.16. The molecule has 2 heteroatoms. The molecule has 21 heavy (non-hydrogen) atoms. The van der Waals surface area contributed by atoms with Crippen LogP contribution in [0.5, 0.6) is 11.5 Å². The molecule has 0 atom stereocenters. The SMILES string of the molecule is CCCCCNCCc1ccc(Oc2cc[c]cc2)cc1. The Bertz CT molecular complexity index is 493. The summed E-state index contributed by atoms with van der Waals surface area (Å²) in [6.07, 6.45) is 4.93. The van der Waals surface area contributed by atoms with Gasteiger partial charge in [0.05, 0.1) is 0 Å². The average molecular weight is 282 g/mol. The van der Waals surface area contributed by atoms with Crippen molar-refractivity contribution < 1.29 is 4.74 Å². The summed E-state index contributed by atoms with van der Waals surface area (Å²) in [4.78, 5) is 0. The average Bonchev–Trinajstić information content (AvgIpc) is 2.53. The van der Waals surface area contributed by atoms with Gasteiger partial charge in [0.2, 0.25) is 0 Å². The molecule has 0 aliphatic heterocycles. The van der Waals surface area contributed by atoms with E-state index in [4.69, 9.17) is 4.74 Å². The molecule has 111 valence electrons. The lowest BCUT2D eigenvalue weighted by Gasteiger charge is -2.07. The summed E-state index contributed by atoms with van der Waals surface area (Å²) in [7, 11) is 0. The normalized spacial score (nSPS) is 10.5. The van der Waals surface area contributed by atoms with Crippen LogP contribution in [-0.4, -0.2) is 13.1 Å². The lowest BCUT2D eigenvalue weighted by atomic mass is 10.1. The van der Waals surface area contributed by atoms with Crippen LogP contribution in [0.3, 0.4) is 0 Å². The van der Waals surface area contributed by atoms with Crippen LogP contribution < -0.4 is 10.1 Å². The van der Waals surface area contributed by atoms with E-state index >= 15 is 0 Å². The minimum atomic E-state index is 0.846. The first kappa shape index (κ1) is 15.6. The number of nitrogens with one attached hydrogen (secondary N) is 1. The van der Waals surface area contributed by atoms with Crippen molar-refractivity contribution in [2.75, 3.05) is 13.1 Å². The molecule has 0 spiro atoms. The van der Waals surface area contributed by atoms with Crippen LogP contribution in [0.25, 0.3) is 0 Å². The molecule has 0 aliphatic rings. The van der Waals surface area contributed by atoms with Crippen molar-refractivity contribution in [2.24, 2.45) is 0 Å². The van der Waals surface area contributed by atoms with Gasteiger partial charge in [-0.3, -0.25) is 0 Å². The van der Waals surface area contributed by atoms with Crippen molar-refractivity contribution in [3.05, 3.63) is 60.2 Å². The maximum absolute atomic E-state index is 5.77. The Kier molecular flexibility index (Phi) is 6.82. The van der Waals surface area contributed by atoms with Gasteiger partial charge in [-0.2, -0.15) is 0 Å². The van der Waals surface area contributed by atoms with Crippen LogP contribution in [0, 0.1) is 6.07 Å². The van der Waals surface area contributed by atoms with Crippen LogP contribution >= 0.6 is 0 Å². The zero-order chi connectivity index (χ0) is 14.8. The van der Waals surface area contributed by atoms with E-state index in [1.165, 1.54) is 24.8 Å². The Hall–Kier alpha value is -1.80. The van der Waals surface area contributed by atoms with Crippen molar-refractivity contribution in [3.8, 4) is 11.5 Å². The minimum absolute atomic E-state index is 0.846. The van der Waals surface area contributed by atoms with Crippen molar-refractivity contribution in [3.63, 3.8) is 0 Å². The van der Waals surface area contributed by atoms with Crippen molar-refractivity contribution >= 4 is 0 Å². The second-order valence-corrected chi connectivity index (χ2v) is 5.19. The van der Waals surface area contributed by atoms with E-state index in [-0.39, 0.29) is 0 Å².